The van der Waals surface area contributed by atoms with E-state index >= 15 is 0 Å². The van der Waals surface area contributed by atoms with Crippen molar-refractivity contribution in [1.29, 1.82) is 0 Å². The Hall–Kier alpha value is -2.97. The molecule has 5 nitrogen and oxygen atoms in total. The van der Waals surface area contributed by atoms with Crippen molar-refractivity contribution in [1.82, 2.24) is 9.78 Å². The zero-order valence-corrected chi connectivity index (χ0v) is 15.3. The highest BCUT2D eigenvalue weighted by Crippen LogP contribution is 2.57. The molecule has 1 aliphatic rings. The Morgan fingerprint density at radius 1 is 1.14 bits per heavy atom. The fourth-order valence-electron chi connectivity index (χ4n) is 3.92. The maximum atomic E-state index is 14.1. The minimum Gasteiger partial charge on any atom is -0.394 e. The molecule has 0 aliphatic heterocycles. The summed E-state index contributed by atoms with van der Waals surface area (Å²) in [6.45, 7) is 3.68. The van der Waals surface area contributed by atoms with Crippen molar-refractivity contribution in [3.63, 3.8) is 0 Å². The van der Waals surface area contributed by atoms with Crippen LogP contribution >= 0.6 is 0 Å². The first-order valence-corrected chi connectivity index (χ1v) is 8.93. The number of rotatable bonds is 5. The summed E-state index contributed by atoms with van der Waals surface area (Å²) in [6, 6.07) is 9.08. The Bertz CT molecular complexity index is 1090. The van der Waals surface area contributed by atoms with Gasteiger partial charge in [-0.2, -0.15) is 18.3 Å². The van der Waals surface area contributed by atoms with Crippen LogP contribution < -0.4 is 0 Å². The first-order chi connectivity index (χ1) is 13.8. The van der Waals surface area contributed by atoms with Gasteiger partial charge in [-0.3, -0.25) is 9.67 Å². The van der Waals surface area contributed by atoms with E-state index in [1.54, 1.807) is 24.4 Å². The van der Waals surface area contributed by atoms with Crippen molar-refractivity contribution in [2.75, 3.05) is 6.61 Å². The van der Waals surface area contributed by atoms with Gasteiger partial charge in [-0.1, -0.05) is 24.3 Å². The first-order valence-electron chi connectivity index (χ1n) is 8.93. The fourth-order valence-corrected chi connectivity index (χ4v) is 3.92. The first kappa shape index (κ1) is 19.4. The Morgan fingerprint density at radius 2 is 1.90 bits per heavy atom. The third-order valence-electron chi connectivity index (χ3n) is 5.15. The van der Waals surface area contributed by atoms with Crippen LogP contribution in [0.4, 0.5) is 13.2 Å². The lowest BCUT2D eigenvalue weighted by atomic mass is 9.88. The van der Waals surface area contributed by atoms with Gasteiger partial charge in [-0.05, 0) is 41.1 Å². The van der Waals surface area contributed by atoms with Gasteiger partial charge in [-0.25, -0.2) is 0 Å². The molecule has 0 bridgehead atoms. The number of nitrogens with zero attached hydrogens (tertiary/aromatic N) is 3. The molecule has 0 saturated carbocycles. The Balaban J connectivity index is 2.05. The fraction of sp³-hybridized carbons (Fsp3) is 0.238. The predicted octanol–water partition coefficient (Wildman–Crippen LogP) is 3.52. The number of aliphatic imine (C=N–C) groups is 1. The van der Waals surface area contributed by atoms with E-state index < -0.39 is 11.8 Å². The number of aliphatic hydroxyl groups excluding tert-OH is 1. The molecule has 1 atom stereocenters. The van der Waals surface area contributed by atoms with Crippen molar-refractivity contribution < 1.29 is 23.4 Å². The van der Waals surface area contributed by atoms with Gasteiger partial charge < -0.3 is 10.2 Å². The number of fused-ring (bicyclic) bond motifs is 3. The second kappa shape index (κ2) is 6.82. The van der Waals surface area contributed by atoms with Crippen LogP contribution in [0.5, 0.6) is 0 Å². The van der Waals surface area contributed by atoms with Gasteiger partial charge in [0.1, 0.15) is 0 Å². The molecule has 150 valence electrons. The number of hydrogen-bond donors (Lipinski definition) is 2. The maximum Gasteiger partial charge on any atom is 0.425 e. The van der Waals surface area contributed by atoms with Crippen LogP contribution in [0.25, 0.3) is 22.3 Å². The molecule has 0 spiro atoms. The highest BCUT2D eigenvalue weighted by atomic mass is 19.4. The molecule has 4 rings (SSSR count). The topological polar surface area (TPSA) is 70.6 Å². The second-order valence-corrected chi connectivity index (χ2v) is 6.92. The largest absolute Gasteiger partial charge is 0.425 e. The molecular weight excluding hydrogens is 383 g/mol. The monoisotopic (exact) mass is 401 g/mol. The van der Waals surface area contributed by atoms with Gasteiger partial charge in [0.25, 0.3) is 0 Å². The number of alkyl halides is 3. The number of aromatic nitrogens is 2. The van der Waals surface area contributed by atoms with E-state index in [-0.39, 0.29) is 30.8 Å². The maximum absolute atomic E-state index is 14.1. The van der Waals surface area contributed by atoms with E-state index in [4.69, 9.17) is 5.11 Å². The molecule has 0 saturated heterocycles. The van der Waals surface area contributed by atoms with E-state index in [0.717, 1.165) is 0 Å². The summed E-state index contributed by atoms with van der Waals surface area (Å²) in [5.74, 6) is 0. The standard InChI is InChI=1S/C21H18F3N3O2/c1-25-10-13-8-16(14-11-26-27(12-14)6-7-28)19-15-4-2-3-5-17(15)20(29,18(19)9-13)21(22,23)24/h2-5,8-9,11-12,28-29H,1,6-7,10H2. The molecule has 1 aliphatic carbocycles. The van der Waals surface area contributed by atoms with Crippen LogP contribution in [-0.2, 0) is 18.7 Å². The van der Waals surface area contributed by atoms with Gasteiger partial charge in [0, 0.05) is 22.9 Å². The van der Waals surface area contributed by atoms with E-state index in [1.165, 1.54) is 29.1 Å². The van der Waals surface area contributed by atoms with E-state index in [9.17, 15) is 18.3 Å². The number of hydrogen-bond acceptors (Lipinski definition) is 4. The van der Waals surface area contributed by atoms with Gasteiger partial charge in [0.05, 0.1) is 25.9 Å². The summed E-state index contributed by atoms with van der Waals surface area (Å²) in [4.78, 5) is 3.79. The SMILES string of the molecule is C=NCc1cc(-c2cnn(CCO)c2)c2c(c1)C(O)(C(F)(F)F)c1ccccc1-2. The molecule has 1 heterocycles. The lowest BCUT2D eigenvalue weighted by Gasteiger charge is -2.28. The van der Waals surface area contributed by atoms with Crippen LogP contribution in [0, 0.1) is 0 Å². The van der Waals surface area contributed by atoms with Crippen molar-refractivity contribution in [3.8, 4) is 22.3 Å². The Labute approximate surface area is 164 Å². The van der Waals surface area contributed by atoms with Crippen LogP contribution in [0.2, 0.25) is 0 Å². The molecule has 0 fully saturated rings. The number of aliphatic hydroxyl groups is 2. The summed E-state index contributed by atoms with van der Waals surface area (Å²) >= 11 is 0. The molecule has 0 amide bonds. The summed E-state index contributed by atoms with van der Waals surface area (Å²) in [6.07, 6.45) is -1.72. The van der Waals surface area contributed by atoms with Gasteiger partial charge in [-0.15, -0.1) is 0 Å². The van der Waals surface area contributed by atoms with Crippen molar-refractivity contribution in [2.45, 2.75) is 24.9 Å². The average Bonchev–Trinajstić information content (AvgIpc) is 3.24. The molecule has 1 unspecified atom stereocenters. The lowest BCUT2D eigenvalue weighted by Crippen LogP contribution is -2.41. The summed E-state index contributed by atoms with van der Waals surface area (Å²) in [7, 11) is 0. The van der Waals surface area contributed by atoms with E-state index in [0.29, 0.717) is 27.8 Å². The minimum absolute atomic E-state index is 0.106. The highest BCUT2D eigenvalue weighted by Gasteiger charge is 2.61. The average molecular weight is 401 g/mol. The minimum atomic E-state index is -4.91. The van der Waals surface area contributed by atoms with Crippen LogP contribution in [0.1, 0.15) is 16.7 Å². The predicted molar refractivity (Wildman–Crippen MR) is 102 cm³/mol. The Kier molecular flexibility index (Phi) is 4.55. The molecule has 29 heavy (non-hydrogen) atoms. The molecular formula is C21H18F3N3O2. The van der Waals surface area contributed by atoms with Gasteiger partial charge in [0.2, 0.25) is 5.60 Å². The molecule has 1 aromatic heterocycles. The molecule has 3 aromatic rings. The smallest absolute Gasteiger partial charge is 0.394 e. The zero-order chi connectivity index (χ0) is 20.8. The third kappa shape index (κ3) is 2.87. The van der Waals surface area contributed by atoms with E-state index in [1.807, 2.05) is 0 Å². The van der Waals surface area contributed by atoms with Crippen molar-refractivity contribution >= 4 is 6.72 Å². The summed E-state index contributed by atoms with van der Waals surface area (Å²) in [5.41, 5.74) is -1.31. The zero-order valence-electron chi connectivity index (χ0n) is 15.3. The molecule has 0 radical (unpaired) electrons. The van der Waals surface area contributed by atoms with Crippen molar-refractivity contribution in [2.24, 2.45) is 4.99 Å². The van der Waals surface area contributed by atoms with Crippen LogP contribution in [0.3, 0.4) is 0 Å². The number of halogens is 3. The molecule has 2 aromatic carbocycles. The van der Waals surface area contributed by atoms with Crippen LogP contribution in [-0.4, -0.2) is 39.5 Å². The normalized spacial score (nSPS) is 17.8. The summed E-state index contributed by atoms with van der Waals surface area (Å²) < 4.78 is 43.9. The van der Waals surface area contributed by atoms with Crippen LogP contribution in [0.15, 0.2) is 53.8 Å². The number of benzene rings is 2. The quantitative estimate of drug-likeness (QED) is 0.643. The lowest BCUT2D eigenvalue weighted by molar-refractivity contribution is -0.246. The molecule has 8 heteroatoms. The third-order valence-corrected chi connectivity index (χ3v) is 5.15. The summed E-state index contributed by atoms with van der Waals surface area (Å²) in [5, 5.41) is 24.2. The highest BCUT2D eigenvalue weighted by molar-refractivity contribution is 5.92. The van der Waals surface area contributed by atoms with Gasteiger partial charge in [0.15, 0.2) is 0 Å². The molecule has 2 N–H and O–H groups in total. The van der Waals surface area contributed by atoms with E-state index in [2.05, 4.69) is 16.8 Å². The van der Waals surface area contributed by atoms with Gasteiger partial charge >= 0.3 is 6.18 Å². The Morgan fingerprint density at radius 3 is 2.59 bits per heavy atom. The van der Waals surface area contributed by atoms with Crippen molar-refractivity contribution in [3.05, 3.63) is 65.5 Å². The second-order valence-electron chi connectivity index (χ2n) is 6.92.